The van der Waals surface area contributed by atoms with Crippen molar-refractivity contribution in [3.05, 3.63) is 78.1 Å². The van der Waals surface area contributed by atoms with Gasteiger partial charge in [0, 0.05) is 30.7 Å². The third-order valence-electron chi connectivity index (χ3n) is 3.60. The first-order valence-electron chi connectivity index (χ1n) is 7.40. The van der Waals surface area contributed by atoms with Gasteiger partial charge in [-0.05, 0) is 22.6 Å². The van der Waals surface area contributed by atoms with Crippen LogP contribution in [0.4, 0.5) is 0 Å². The lowest BCUT2D eigenvalue weighted by Crippen LogP contribution is -2.23. The molecule has 0 aliphatic heterocycles. The maximum atomic E-state index is 12.1. The Bertz CT molecular complexity index is 769. The number of benzene rings is 2. The van der Waals surface area contributed by atoms with E-state index in [0.29, 0.717) is 13.0 Å². The van der Waals surface area contributed by atoms with Crippen LogP contribution in [0.2, 0.25) is 0 Å². The van der Waals surface area contributed by atoms with Crippen LogP contribution in [-0.2, 0) is 17.8 Å². The molecule has 0 aliphatic rings. The van der Waals surface area contributed by atoms with E-state index in [1.54, 1.807) is 6.20 Å². The predicted octanol–water partition coefficient (Wildman–Crippen LogP) is 3.14. The Balaban J connectivity index is 1.54. The van der Waals surface area contributed by atoms with Crippen molar-refractivity contribution in [2.75, 3.05) is 6.54 Å². The summed E-state index contributed by atoms with van der Waals surface area (Å²) in [6.07, 6.45) is 4.07. The van der Waals surface area contributed by atoms with Crippen LogP contribution in [0.5, 0.6) is 0 Å². The quantitative estimate of drug-likeness (QED) is 0.758. The van der Waals surface area contributed by atoms with Crippen LogP contribution in [0.25, 0.3) is 10.8 Å². The summed E-state index contributed by atoms with van der Waals surface area (Å²) in [6, 6.07) is 18.1. The van der Waals surface area contributed by atoms with Crippen molar-refractivity contribution in [1.82, 2.24) is 10.3 Å². The minimum absolute atomic E-state index is 0.198. The number of ketones is 1. The largest absolute Gasteiger partial charge is 0.306 e. The fraction of sp³-hybridized carbons (Fsp3) is 0.158. The Kier molecular flexibility index (Phi) is 4.56. The molecule has 3 rings (SSSR count). The zero-order valence-corrected chi connectivity index (χ0v) is 12.3. The molecule has 0 bridgehead atoms. The number of nitrogens with one attached hydrogen (secondary N) is 1. The van der Waals surface area contributed by atoms with E-state index in [0.717, 1.165) is 22.9 Å². The Morgan fingerprint density at radius 3 is 2.68 bits per heavy atom. The van der Waals surface area contributed by atoms with E-state index in [1.165, 1.54) is 5.56 Å². The molecular weight excluding hydrogens is 272 g/mol. The first-order valence-corrected chi connectivity index (χ1v) is 7.40. The van der Waals surface area contributed by atoms with E-state index >= 15 is 0 Å². The molecule has 3 heteroatoms. The fourth-order valence-electron chi connectivity index (χ4n) is 2.48. The van der Waals surface area contributed by atoms with Crippen LogP contribution in [0.1, 0.15) is 11.1 Å². The molecule has 0 fully saturated rings. The molecule has 2 aromatic carbocycles. The number of hydrogen-bond acceptors (Lipinski definition) is 3. The Morgan fingerprint density at radius 1 is 0.955 bits per heavy atom. The van der Waals surface area contributed by atoms with Crippen molar-refractivity contribution in [3.8, 4) is 0 Å². The lowest BCUT2D eigenvalue weighted by molar-refractivity contribution is -0.117. The Labute approximate surface area is 130 Å². The molecule has 1 aromatic heterocycles. The number of rotatable bonds is 6. The number of hydrogen-bond donors (Lipinski definition) is 1. The van der Waals surface area contributed by atoms with E-state index in [9.17, 15) is 4.79 Å². The van der Waals surface area contributed by atoms with Crippen molar-refractivity contribution in [1.29, 1.82) is 0 Å². The van der Waals surface area contributed by atoms with Crippen LogP contribution in [-0.4, -0.2) is 17.3 Å². The topological polar surface area (TPSA) is 42.0 Å². The summed E-state index contributed by atoms with van der Waals surface area (Å²) in [5, 5.41) is 5.42. The summed E-state index contributed by atoms with van der Waals surface area (Å²) in [7, 11) is 0. The summed E-state index contributed by atoms with van der Waals surface area (Å²) in [5.41, 5.74) is 2.23. The van der Waals surface area contributed by atoms with Gasteiger partial charge in [0.1, 0.15) is 0 Å². The number of Topliss-reactive ketones (excluding diaryl/α,β-unsaturated/α-hetero) is 1. The average molecular weight is 290 g/mol. The normalized spacial score (nSPS) is 10.7. The molecule has 0 unspecified atom stereocenters. The second-order valence-electron chi connectivity index (χ2n) is 5.36. The summed E-state index contributed by atoms with van der Waals surface area (Å²) in [4.78, 5) is 16.2. The molecule has 3 nitrogen and oxygen atoms in total. The fourth-order valence-corrected chi connectivity index (χ4v) is 2.48. The standard InChI is InChI=1S/C19H18N2O/c22-19(14-21-12-15-4-2-1-3-5-15)11-16-6-7-18-13-20-9-8-17(18)10-16/h1-10,13,21H,11-12,14H2. The van der Waals surface area contributed by atoms with Crippen molar-refractivity contribution >= 4 is 16.6 Å². The van der Waals surface area contributed by atoms with Crippen LogP contribution in [0.3, 0.4) is 0 Å². The van der Waals surface area contributed by atoms with Gasteiger partial charge in [-0.3, -0.25) is 9.78 Å². The molecule has 0 aliphatic carbocycles. The van der Waals surface area contributed by atoms with Crippen molar-refractivity contribution < 1.29 is 4.79 Å². The molecule has 0 spiro atoms. The molecule has 0 radical (unpaired) electrons. The van der Waals surface area contributed by atoms with Crippen molar-refractivity contribution in [2.24, 2.45) is 0 Å². The number of fused-ring (bicyclic) bond motifs is 1. The average Bonchev–Trinajstić information content (AvgIpc) is 2.56. The Morgan fingerprint density at radius 2 is 1.82 bits per heavy atom. The number of carbonyl (C=O) groups is 1. The molecule has 0 saturated heterocycles. The maximum absolute atomic E-state index is 12.1. The van der Waals surface area contributed by atoms with Crippen LogP contribution in [0.15, 0.2) is 67.0 Å². The second kappa shape index (κ2) is 6.96. The highest BCUT2D eigenvalue weighted by Gasteiger charge is 2.04. The first kappa shape index (κ1) is 14.4. The maximum Gasteiger partial charge on any atom is 0.150 e. The van der Waals surface area contributed by atoms with E-state index in [-0.39, 0.29) is 5.78 Å². The molecule has 22 heavy (non-hydrogen) atoms. The summed E-state index contributed by atoms with van der Waals surface area (Å²) in [5.74, 6) is 0.198. The van der Waals surface area contributed by atoms with Gasteiger partial charge < -0.3 is 5.32 Å². The summed E-state index contributed by atoms with van der Waals surface area (Å²) < 4.78 is 0. The molecule has 0 amide bonds. The van der Waals surface area contributed by atoms with Gasteiger partial charge in [0.05, 0.1) is 6.54 Å². The zero-order valence-electron chi connectivity index (χ0n) is 12.3. The molecule has 3 aromatic rings. The highest BCUT2D eigenvalue weighted by Crippen LogP contribution is 2.14. The van der Waals surface area contributed by atoms with Crippen molar-refractivity contribution in [2.45, 2.75) is 13.0 Å². The number of nitrogens with zero attached hydrogens (tertiary/aromatic N) is 1. The SMILES string of the molecule is O=C(CNCc1ccccc1)Cc1ccc2cnccc2c1. The predicted molar refractivity (Wildman–Crippen MR) is 88.6 cm³/mol. The summed E-state index contributed by atoms with van der Waals surface area (Å²) in [6.45, 7) is 1.11. The third kappa shape index (κ3) is 3.77. The van der Waals surface area contributed by atoms with Gasteiger partial charge in [-0.2, -0.15) is 0 Å². The van der Waals surface area contributed by atoms with Gasteiger partial charge in [0.2, 0.25) is 0 Å². The minimum atomic E-state index is 0.198. The van der Waals surface area contributed by atoms with E-state index < -0.39 is 0 Å². The van der Waals surface area contributed by atoms with Crippen LogP contribution >= 0.6 is 0 Å². The number of aromatic nitrogens is 1. The van der Waals surface area contributed by atoms with E-state index in [1.807, 2.05) is 42.6 Å². The molecule has 0 atom stereocenters. The second-order valence-corrected chi connectivity index (χ2v) is 5.36. The van der Waals surface area contributed by atoms with Crippen LogP contribution in [0, 0.1) is 0 Å². The van der Waals surface area contributed by atoms with Gasteiger partial charge in [-0.25, -0.2) is 0 Å². The number of carbonyl (C=O) groups excluding carboxylic acids is 1. The highest BCUT2D eigenvalue weighted by molar-refractivity contribution is 5.86. The molecule has 1 heterocycles. The van der Waals surface area contributed by atoms with E-state index in [4.69, 9.17) is 0 Å². The highest BCUT2D eigenvalue weighted by atomic mass is 16.1. The van der Waals surface area contributed by atoms with Gasteiger partial charge in [-0.1, -0.05) is 48.5 Å². The summed E-state index contributed by atoms with van der Waals surface area (Å²) >= 11 is 0. The molecule has 110 valence electrons. The Hall–Kier alpha value is -2.52. The van der Waals surface area contributed by atoms with Gasteiger partial charge in [0.25, 0.3) is 0 Å². The first-order chi connectivity index (χ1) is 10.8. The van der Waals surface area contributed by atoms with Gasteiger partial charge in [0.15, 0.2) is 5.78 Å². The van der Waals surface area contributed by atoms with Crippen LogP contribution < -0.4 is 5.32 Å². The molecule has 0 saturated carbocycles. The third-order valence-corrected chi connectivity index (χ3v) is 3.60. The zero-order chi connectivity index (χ0) is 15.2. The lowest BCUT2D eigenvalue weighted by atomic mass is 10.0. The molecule has 1 N–H and O–H groups in total. The number of pyridine rings is 1. The monoisotopic (exact) mass is 290 g/mol. The molecular formula is C19H18N2O. The van der Waals surface area contributed by atoms with Crippen molar-refractivity contribution in [3.63, 3.8) is 0 Å². The smallest absolute Gasteiger partial charge is 0.150 e. The minimum Gasteiger partial charge on any atom is -0.306 e. The lowest BCUT2D eigenvalue weighted by Gasteiger charge is -2.05. The van der Waals surface area contributed by atoms with E-state index in [2.05, 4.69) is 28.5 Å². The van der Waals surface area contributed by atoms with Gasteiger partial charge >= 0.3 is 0 Å². The van der Waals surface area contributed by atoms with Gasteiger partial charge in [-0.15, -0.1) is 0 Å².